The molecule has 0 saturated carbocycles. The van der Waals surface area contributed by atoms with E-state index in [1.807, 2.05) is 37.2 Å². The first-order chi connectivity index (χ1) is 7.15. The van der Waals surface area contributed by atoms with Crippen LogP contribution < -0.4 is 5.73 Å². The van der Waals surface area contributed by atoms with Crippen LogP contribution >= 0.6 is 0 Å². The van der Waals surface area contributed by atoms with E-state index in [0.717, 1.165) is 17.7 Å². The molecular weight excluding hydrogens is 190 g/mol. The fourth-order valence-corrected chi connectivity index (χ4v) is 1.44. The van der Waals surface area contributed by atoms with Gasteiger partial charge in [-0.3, -0.25) is 9.36 Å². The van der Waals surface area contributed by atoms with Crippen LogP contribution in [-0.2, 0) is 13.6 Å². The summed E-state index contributed by atoms with van der Waals surface area (Å²) in [5, 5.41) is 8.35. The lowest BCUT2D eigenvalue weighted by Crippen LogP contribution is -2.04. The maximum atomic E-state index is 5.75. The summed E-state index contributed by atoms with van der Waals surface area (Å²) < 4.78 is 3.65. The Morgan fingerprint density at radius 1 is 1.33 bits per heavy atom. The van der Waals surface area contributed by atoms with Crippen LogP contribution in [0.25, 0.3) is 0 Å². The van der Waals surface area contributed by atoms with Gasteiger partial charge in [0.1, 0.15) is 0 Å². The topological polar surface area (TPSA) is 61.7 Å². The number of hydrogen-bond donors (Lipinski definition) is 1. The number of hydrogen-bond acceptors (Lipinski definition) is 3. The van der Waals surface area contributed by atoms with E-state index in [-0.39, 0.29) is 6.04 Å². The molecule has 0 aliphatic heterocycles. The number of nitrogens with two attached hydrogens (primary N) is 1. The summed E-state index contributed by atoms with van der Waals surface area (Å²) >= 11 is 0. The van der Waals surface area contributed by atoms with Crippen LogP contribution in [0.5, 0.6) is 0 Å². The average Bonchev–Trinajstić information content (AvgIpc) is 2.76. The molecule has 0 aliphatic rings. The second-order valence-electron chi connectivity index (χ2n) is 3.78. The summed E-state index contributed by atoms with van der Waals surface area (Å²) in [7, 11) is 1.90. The van der Waals surface area contributed by atoms with Crippen LogP contribution in [0.2, 0.25) is 0 Å². The minimum atomic E-state index is 0.0349. The zero-order chi connectivity index (χ0) is 10.8. The summed E-state index contributed by atoms with van der Waals surface area (Å²) in [6, 6.07) is 0.0349. The van der Waals surface area contributed by atoms with E-state index >= 15 is 0 Å². The molecule has 0 saturated heterocycles. The molecule has 5 heteroatoms. The van der Waals surface area contributed by atoms with Crippen molar-refractivity contribution in [1.82, 2.24) is 19.6 Å². The highest BCUT2D eigenvalue weighted by Gasteiger charge is 2.04. The van der Waals surface area contributed by atoms with Crippen molar-refractivity contribution in [3.63, 3.8) is 0 Å². The number of aryl methyl sites for hydroxylation is 1. The van der Waals surface area contributed by atoms with Crippen molar-refractivity contribution in [1.29, 1.82) is 0 Å². The zero-order valence-corrected chi connectivity index (χ0v) is 8.96. The Kier molecular flexibility index (Phi) is 2.55. The molecule has 0 radical (unpaired) electrons. The number of rotatable bonds is 3. The Labute approximate surface area is 88.5 Å². The summed E-state index contributed by atoms with van der Waals surface area (Å²) in [5.74, 6) is 0. The van der Waals surface area contributed by atoms with Crippen molar-refractivity contribution in [3.05, 3.63) is 35.9 Å². The molecule has 2 aromatic heterocycles. The van der Waals surface area contributed by atoms with Crippen molar-refractivity contribution in [2.45, 2.75) is 19.5 Å². The Balaban J connectivity index is 2.11. The fourth-order valence-electron chi connectivity index (χ4n) is 1.44. The third-order valence-corrected chi connectivity index (χ3v) is 2.28. The summed E-state index contributed by atoms with van der Waals surface area (Å²) in [5.41, 5.74) is 7.95. The zero-order valence-electron chi connectivity index (χ0n) is 8.96. The highest BCUT2D eigenvalue weighted by molar-refractivity contribution is 5.10. The Morgan fingerprint density at radius 3 is 2.67 bits per heavy atom. The SMILES string of the molecule is CC(N)c1cnn(Cc2cnn(C)c2)c1. The van der Waals surface area contributed by atoms with Gasteiger partial charge in [-0.25, -0.2) is 0 Å². The second kappa shape index (κ2) is 3.86. The molecule has 15 heavy (non-hydrogen) atoms. The van der Waals surface area contributed by atoms with Crippen molar-refractivity contribution in [3.8, 4) is 0 Å². The van der Waals surface area contributed by atoms with E-state index < -0.39 is 0 Å². The summed E-state index contributed by atoms with van der Waals surface area (Å²) in [4.78, 5) is 0. The van der Waals surface area contributed by atoms with Crippen LogP contribution in [0.4, 0.5) is 0 Å². The lowest BCUT2D eigenvalue weighted by atomic mass is 10.2. The summed E-state index contributed by atoms with van der Waals surface area (Å²) in [6.07, 6.45) is 7.60. The molecule has 5 nitrogen and oxygen atoms in total. The maximum absolute atomic E-state index is 5.75. The van der Waals surface area contributed by atoms with Crippen molar-refractivity contribution in [2.24, 2.45) is 12.8 Å². The van der Waals surface area contributed by atoms with Crippen LogP contribution in [-0.4, -0.2) is 19.6 Å². The molecule has 0 bridgehead atoms. The molecule has 2 N–H and O–H groups in total. The van der Waals surface area contributed by atoms with Gasteiger partial charge in [0, 0.05) is 36.6 Å². The van der Waals surface area contributed by atoms with Gasteiger partial charge in [0.25, 0.3) is 0 Å². The maximum Gasteiger partial charge on any atom is 0.0690 e. The van der Waals surface area contributed by atoms with Crippen LogP contribution in [0.15, 0.2) is 24.8 Å². The van der Waals surface area contributed by atoms with Crippen LogP contribution in [0.1, 0.15) is 24.1 Å². The van der Waals surface area contributed by atoms with Gasteiger partial charge < -0.3 is 5.73 Å². The predicted molar refractivity (Wildman–Crippen MR) is 57.1 cm³/mol. The molecular formula is C10H15N5. The van der Waals surface area contributed by atoms with Crippen molar-refractivity contribution >= 4 is 0 Å². The second-order valence-corrected chi connectivity index (χ2v) is 3.78. The standard InChI is InChI=1S/C10H15N5/c1-8(11)10-4-13-15(7-10)6-9-3-12-14(2)5-9/h3-5,7-8H,6,11H2,1-2H3. The quantitative estimate of drug-likeness (QED) is 0.801. The molecule has 0 amide bonds. The average molecular weight is 205 g/mol. The van der Waals surface area contributed by atoms with Gasteiger partial charge in [0.2, 0.25) is 0 Å². The van der Waals surface area contributed by atoms with Gasteiger partial charge in [-0.15, -0.1) is 0 Å². The van der Waals surface area contributed by atoms with E-state index in [9.17, 15) is 0 Å². The fraction of sp³-hybridized carbons (Fsp3) is 0.400. The molecule has 0 fully saturated rings. The van der Waals surface area contributed by atoms with Gasteiger partial charge in [-0.05, 0) is 6.92 Å². The lowest BCUT2D eigenvalue weighted by molar-refractivity contribution is 0.683. The minimum absolute atomic E-state index is 0.0349. The Hall–Kier alpha value is -1.62. The smallest absolute Gasteiger partial charge is 0.0690 e. The third-order valence-electron chi connectivity index (χ3n) is 2.28. The first-order valence-electron chi connectivity index (χ1n) is 4.90. The lowest BCUT2D eigenvalue weighted by Gasteiger charge is -1.99. The number of nitrogens with zero attached hydrogens (tertiary/aromatic N) is 4. The van der Waals surface area contributed by atoms with E-state index in [4.69, 9.17) is 5.73 Å². The molecule has 2 rings (SSSR count). The van der Waals surface area contributed by atoms with E-state index in [2.05, 4.69) is 10.2 Å². The first-order valence-corrected chi connectivity index (χ1v) is 4.90. The summed E-state index contributed by atoms with van der Waals surface area (Å²) in [6.45, 7) is 2.69. The normalized spacial score (nSPS) is 13.0. The van der Waals surface area contributed by atoms with Crippen LogP contribution in [0.3, 0.4) is 0 Å². The van der Waals surface area contributed by atoms with Crippen LogP contribution in [0, 0.1) is 0 Å². The number of aromatic nitrogens is 4. The van der Waals surface area contributed by atoms with E-state index in [1.165, 1.54) is 0 Å². The van der Waals surface area contributed by atoms with Gasteiger partial charge >= 0.3 is 0 Å². The molecule has 0 aliphatic carbocycles. The minimum Gasteiger partial charge on any atom is -0.324 e. The molecule has 1 atom stereocenters. The first kappa shape index (κ1) is 9.92. The van der Waals surface area contributed by atoms with Gasteiger partial charge in [-0.2, -0.15) is 10.2 Å². The highest BCUT2D eigenvalue weighted by atomic mass is 15.3. The monoisotopic (exact) mass is 205 g/mol. The molecule has 80 valence electrons. The molecule has 2 heterocycles. The van der Waals surface area contributed by atoms with Gasteiger partial charge in [0.15, 0.2) is 0 Å². The third kappa shape index (κ3) is 2.24. The van der Waals surface area contributed by atoms with Crippen molar-refractivity contribution < 1.29 is 0 Å². The molecule has 0 spiro atoms. The van der Waals surface area contributed by atoms with Crippen molar-refractivity contribution in [2.75, 3.05) is 0 Å². The van der Waals surface area contributed by atoms with E-state index in [0.29, 0.717) is 0 Å². The van der Waals surface area contributed by atoms with E-state index in [1.54, 1.807) is 10.9 Å². The Bertz CT molecular complexity index is 440. The Morgan fingerprint density at radius 2 is 2.13 bits per heavy atom. The highest BCUT2D eigenvalue weighted by Crippen LogP contribution is 2.08. The largest absolute Gasteiger partial charge is 0.324 e. The molecule has 0 aromatic carbocycles. The van der Waals surface area contributed by atoms with Gasteiger partial charge in [0.05, 0.1) is 18.9 Å². The predicted octanol–water partition coefficient (Wildman–Crippen LogP) is 0.685. The molecule has 2 aromatic rings. The van der Waals surface area contributed by atoms with Gasteiger partial charge in [-0.1, -0.05) is 0 Å². The molecule has 1 unspecified atom stereocenters.